The summed E-state index contributed by atoms with van der Waals surface area (Å²) in [4.78, 5) is 26.5. The molecule has 2 N–H and O–H groups in total. The van der Waals surface area contributed by atoms with Gasteiger partial charge in [0.15, 0.2) is 0 Å². The van der Waals surface area contributed by atoms with Crippen molar-refractivity contribution in [2.45, 2.75) is 38.3 Å². The van der Waals surface area contributed by atoms with Gasteiger partial charge in [0.1, 0.15) is 24.0 Å². The van der Waals surface area contributed by atoms with E-state index >= 15 is 0 Å². The van der Waals surface area contributed by atoms with Gasteiger partial charge in [-0.1, -0.05) is 61.3 Å². The van der Waals surface area contributed by atoms with E-state index in [0.717, 1.165) is 10.5 Å². The van der Waals surface area contributed by atoms with Crippen LogP contribution >= 0.6 is 23.2 Å². The third-order valence-electron chi connectivity index (χ3n) is 5.15. The summed E-state index contributed by atoms with van der Waals surface area (Å²) < 4.78 is 5.50. The smallest absolute Gasteiger partial charge is 0.325 e. The van der Waals surface area contributed by atoms with Crippen LogP contribution in [0.15, 0.2) is 42.5 Å². The van der Waals surface area contributed by atoms with E-state index in [4.69, 9.17) is 27.9 Å². The molecule has 2 aromatic rings. The number of carbonyl (C=O) groups is 2. The number of nitrogens with zero attached hydrogens (tertiary/aromatic N) is 1. The Labute approximate surface area is 185 Å². The molecule has 0 radical (unpaired) electrons. The monoisotopic (exact) mass is 450 g/mol. The SMILES string of the molecule is CC(C)c1ccc(C2(C)NC(=O)N(CC(O)COc3cc(Cl)ccc3Cl)C2=O)cc1. The lowest BCUT2D eigenvalue weighted by Crippen LogP contribution is -2.42. The minimum absolute atomic E-state index is 0.156. The number of ether oxygens (including phenoxy) is 1. The minimum Gasteiger partial charge on any atom is -0.489 e. The maximum atomic E-state index is 13.0. The van der Waals surface area contributed by atoms with Gasteiger partial charge in [-0.25, -0.2) is 4.79 Å². The highest BCUT2D eigenvalue weighted by Crippen LogP contribution is 2.31. The number of hydrogen-bond donors (Lipinski definition) is 2. The van der Waals surface area contributed by atoms with Crippen molar-refractivity contribution in [3.63, 3.8) is 0 Å². The number of β-amino-alcohol motifs (C(OH)–C–C–N with tert-alkyl or cyclic N) is 1. The number of nitrogens with one attached hydrogen (secondary N) is 1. The third-order valence-corrected chi connectivity index (χ3v) is 5.69. The van der Waals surface area contributed by atoms with E-state index in [0.29, 0.717) is 27.3 Å². The van der Waals surface area contributed by atoms with Crippen molar-refractivity contribution in [2.75, 3.05) is 13.2 Å². The van der Waals surface area contributed by atoms with E-state index < -0.39 is 23.6 Å². The topological polar surface area (TPSA) is 78.9 Å². The second kappa shape index (κ2) is 8.84. The van der Waals surface area contributed by atoms with Crippen LogP contribution in [0.25, 0.3) is 0 Å². The molecule has 1 aliphatic rings. The molecule has 2 atom stereocenters. The fourth-order valence-electron chi connectivity index (χ4n) is 3.30. The summed E-state index contributed by atoms with van der Waals surface area (Å²) in [6.07, 6.45) is -1.10. The summed E-state index contributed by atoms with van der Waals surface area (Å²) in [5, 5.41) is 13.9. The molecule has 30 heavy (non-hydrogen) atoms. The molecule has 6 nitrogen and oxygen atoms in total. The van der Waals surface area contributed by atoms with E-state index in [1.54, 1.807) is 19.1 Å². The summed E-state index contributed by atoms with van der Waals surface area (Å²) in [6.45, 7) is 5.47. The van der Waals surface area contributed by atoms with Crippen molar-refractivity contribution < 1.29 is 19.4 Å². The largest absolute Gasteiger partial charge is 0.489 e. The Morgan fingerprint density at radius 2 is 1.80 bits per heavy atom. The van der Waals surface area contributed by atoms with Crippen LogP contribution in [0.3, 0.4) is 0 Å². The Hall–Kier alpha value is -2.28. The normalized spacial score (nSPS) is 19.9. The highest BCUT2D eigenvalue weighted by Gasteiger charge is 2.49. The van der Waals surface area contributed by atoms with Gasteiger partial charge in [-0.05, 0) is 36.1 Å². The molecule has 0 spiro atoms. The van der Waals surface area contributed by atoms with Gasteiger partial charge in [0.05, 0.1) is 11.6 Å². The summed E-state index contributed by atoms with van der Waals surface area (Å²) >= 11 is 12.0. The first-order chi connectivity index (χ1) is 14.1. The fraction of sp³-hybridized carbons (Fsp3) is 0.364. The van der Waals surface area contributed by atoms with Crippen molar-refractivity contribution in [1.29, 1.82) is 0 Å². The average molecular weight is 451 g/mol. The van der Waals surface area contributed by atoms with Gasteiger partial charge in [-0.2, -0.15) is 0 Å². The second-order valence-corrected chi connectivity index (χ2v) is 8.63. The number of benzene rings is 2. The fourth-order valence-corrected chi connectivity index (χ4v) is 3.63. The van der Waals surface area contributed by atoms with Crippen molar-refractivity contribution in [1.82, 2.24) is 10.2 Å². The maximum Gasteiger partial charge on any atom is 0.325 e. The standard InChI is InChI=1S/C22H24Cl2N2O4/c1-13(2)14-4-6-15(7-5-14)22(3)20(28)26(21(29)25-22)11-17(27)12-30-19-10-16(23)8-9-18(19)24/h4-10,13,17,27H,11-12H2,1-3H3,(H,25,29). The number of halogens is 2. The van der Waals surface area contributed by atoms with Crippen molar-refractivity contribution in [3.8, 4) is 5.75 Å². The third kappa shape index (κ3) is 4.56. The average Bonchev–Trinajstić information content (AvgIpc) is 2.92. The molecule has 0 aromatic heterocycles. The number of amides is 3. The van der Waals surface area contributed by atoms with Gasteiger partial charge in [0.2, 0.25) is 0 Å². The van der Waals surface area contributed by atoms with Crippen LogP contribution in [0.2, 0.25) is 10.0 Å². The molecule has 1 fully saturated rings. The van der Waals surface area contributed by atoms with Crippen LogP contribution in [0.5, 0.6) is 5.75 Å². The van der Waals surface area contributed by atoms with E-state index in [1.165, 1.54) is 6.07 Å². The highest BCUT2D eigenvalue weighted by molar-refractivity contribution is 6.34. The van der Waals surface area contributed by atoms with Gasteiger partial charge in [0.25, 0.3) is 5.91 Å². The summed E-state index contributed by atoms with van der Waals surface area (Å²) in [5.74, 6) is 0.250. The molecule has 2 aromatic carbocycles. The first-order valence-electron chi connectivity index (χ1n) is 9.62. The van der Waals surface area contributed by atoms with E-state index in [2.05, 4.69) is 19.2 Å². The predicted octanol–water partition coefficient (Wildman–Crippen LogP) is 4.32. The number of carbonyl (C=O) groups excluding carboxylic acids is 2. The molecule has 8 heteroatoms. The van der Waals surface area contributed by atoms with Crippen LogP contribution < -0.4 is 10.1 Å². The Morgan fingerprint density at radius 1 is 1.13 bits per heavy atom. The summed E-state index contributed by atoms with van der Waals surface area (Å²) in [5.41, 5.74) is 0.635. The van der Waals surface area contributed by atoms with Gasteiger partial charge in [-0.3, -0.25) is 9.69 Å². The van der Waals surface area contributed by atoms with E-state index in [-0.39, 0.29) is 13.2 Å². The molecule has 0 aliphatic carbocycles. The highest BCUT2D eigenvalue weighted by atomic mass is 35.5. The van der Waals surface area contributed by atoms with Gasteiger partial charge in [0, 0.05) is 11.1 Å². The van der Waals surface area contributed by atoms with Crippen LogP contribution in [0.1, 0.15) is 37.8 Å². The lowest BCUT2D eigenvalue weighted by Gasteiger charge is -2.23. The molecular weight excluding hydrogens is 427 g/mol. The molecule has 160 valence electrons. The van der Waals surface area contributed by atoms with Crippen LogP contribution in [-0.4, -0.2) is 41.2 Å². The lowest BCUT2D eigenvalue weighted by molar-refractivity contribution is -0.132. The predicted molar refractivity (Wildman–Crippen MR) is 116 cm³/mol. The van der Waals surface area contributed by atoms with Gasteiger partial charge < -0.3 is 15.2 Å². The number of urea groups is 1. The minimum atomic E-state index is -1.19. The Balaban J connectivity index is 1.67. The molecule has 1 saturated heterocycles. The zero-order valence-corrected chi connectivity index (χ0v) is 18.5. The van der Waals surface area contributed by atoms with Crippen molar-refractivity contribution in [2.24, 2.45) is 0 Å². The molecule has 0 saturated carbocycles. The lowest BCUT2D eigenvalue weighted by atomic mass is 9.90. The molecule has 2 unspecified atom stereocenters. The zero-order chi connectivity index (χ0) is 22.1. The molecule has 3 amide bonds. The molecule has 0 bridgehead atoms. The van der Waals surface area contributed by atoms with E-state index in [9.17, 15) is 14.7 Å². The number of imide groups is 1. The zero-order valence-electron chi connectivity index (χ0n) is 17.0. The van der Waals surface area contributed by atoms with E-state index in [1.807, 2.05) is 24.3 Å². The molecule has 1 aliphatic heterocycles. The number of aliphatic hydroxyl groups excluding tert-OH is 1. The quantitative estimate of drug-likeness (QED) is 0.615. The van der Waals surface area contributed by atoms with Crippen LogP contribution in [0.4, 0.5) is 4.79 Å². The van der Waals surface area contributed by atoms with Crippen molar-refractivity contribution in [3.05, 3.63) is 63.6 Å². The molecular formula is C22H24Cl2N2O4. The van der Waals surface area contributed by atoms with Crippen LogP contribution in [-0.2, 0) is 10.3 Å². The van der Waals surface area contributed by atoms with Crippen molar-refractivity contribution >= 4 is 35.1 Å². The number of aliphatic hydroxyl groups is 1. The molecule has 1 heterocycles. The Morgan fingerprint density at radius 3 is 2.43 bits per heavy atom. The first kappa shape index (κ1) is 22.4. The summed E-state index contributed by atoms with van der Waals surface area (Å²) in [6, 6.07) is 11.8. The Bertz CT molecular complexity index is 949. The van der Waals surface area contributed by atoms with Gasteiger partial charge >= 0.3 is 6.03 Å². The Kier molecular flexibility index (Phi) is 6.60. The first-order valence-corrected chi connectivity index (χ1v) is 10.4. The van der Waals surface area contributed by atoms with Gasteiger partial charge in [-0.15, -0.1) is 0 Å². The van der Waals surface area contributed by atoms with Crippen LogP contribution in [0, 0.1) is 0 Å². The maximum absolute atomic E-state index is 13.0. The number of hydrogen-bond acceptors (Lipinski definition) is 4. The summed E-state index contributed by atoms with van der Waals surface area (Å²) in [7, 11) is 0. The number of rotatable bonds is 7. The molecule has 3 rings (SSSR count). The second-order valence-electron chi connectivity index (χ2n) is 7.79.